The summed E-state index contributed by atoms with van der Waals surface area (Å²) in [7, 11) is 1.48. The predicted octanol–water partition coefficient (Wildman–Crippen LogP) is 5.51. The number of nitrogens with zero attached hydrogens (tertiary/aromatic N) is 2. The molecule has 4 rings (SSSR count). The van der Waals surface area contributed by atoms with E-state index in [2.05, 4.69) is 10.4 Å². The molecule has 1 amide bonds. The zero-order valence-electron chi connectivity index (χ0n) is 17.0. The van der Waals surface area contributed by atoms with Gasteiger partial charge in [-0.05, 0) is 55.5 Å². The van der Waals surface area contributed by atoms with Crippen molar-refractivity contribution in [2.75, 3.05) is 19.0 Å². The van der Waals surface area contributed by atoms with Gasteiger partial charge in [0, 0.05) is 15.4 Å². The van der Waals surface area contributed by atoms with Crippen molar-refractivity contribution in [2.24, 2.45) is 0 Å². The fourth-order valence-electron chi connectivity index (χ4n) is 3.07. The van der Waals surface area contributed by atoms with E-state index in [0.29, 0.717) is 26.4 Å². The maximum Gasteiger partial charge on any atom is 0.348 e. The number of thiophene rings is 1. The molecule has 2 aromatic carbocycles. The molecule has 0 aliphatic heterocycles. The van der Waals surface area contributed by atoms with E-state index in [-0.39, 0.29) is 0 Å². The number of esters is 1. The molecule has 0 atom stereocenters. The van der Waals surface area contributed by atoms with Crippen molar-refractivity contribution in [1.82, 2.24) is 9.78 Å². The van der Waals surface area contributed by atoms with Crippen molar-refractivity contribution in [3.05, 3.63) is 69.1 Å². The normalized spacial score (nSPS) is 10.9. The van der Waals surface area contributed by atoms with Gasteiger partial charge in [0.05, 0.1) is 24.2 Å². The number of aromatic nitrogens is 2. The molecular weight excluding hydrogens is 473 g/mol. The number of benzene rings is 2. The van der Waals surface area contributed by atoms with E-state index in [1.807, 2.05) is 19.1 Å². The molecule has 0 aliphatic rings. The molecule has 2 heterocycles. The number of carbonyl (C=O) groups excluding carboxylic acids is 2. The van der Waals surface area contributed by atoms with Crippen molar-refractivity contribution >= 4 is 62.3 Å². The highest BCUT2D eigenvalue weighted by atomic mass is 35.5. The summed E-state index contributed by atoms with van der Waals surface area (Å²) in [6, 6.07) is 13.8. The number of nitrogens with one attached hydrogen (secondary N) is 1. The van der Waals surface area contributed by atoms with Crippen LogP contribution in [0.15, 0.2) is 48.5 Å². The average molecular weight is 490 g/mol. The summed E-state index contributed by atoms with van der Waals surface area (Å²) in [5, 5.41) is 9.07. The second-order valence-electron chi connectivity index (χ2n) is 6.77. The molecule has 0 bridgehead atoms. The molecule has 0 fully saturated rings. The van der Waals surface area contributed by atoms with E-state index < -0.39 is 18.5 Å². The van der Waals surface area contributed by atoms with Crippen LogP contribution in [0.25, 0.3) is 15.9 Å². The first-order valence-corrected chi connectivity index (χ1v) is 11.0. The number of amides is 1. The summed E-state index contributed by atoms with van der Waals surface area (Å²) in [4.78, 5) is 26.0. The number of rotatable bonds is 6. The van der Waals surface area contributed by atoms with Crippen LogP contribution in [-0.2, 0) is 9.53 Å². The topological polar surface area (TPSA) is 82.4 Å². The van der Waals surface area contributed by atoms with E-state index in [1.54, 1.807) is 41.1 Å². The molecule has 0 spiro atoms. The van der Waals surface area contributed by atoms with Gasteiger partial charge < -0.3 is 14.8 Å². The Hall–Kier alpha value is -3.07. The molecule has 0 aliphatic carbocycles. The van der Waals surface area contributed by atoms with E-state index in [0.717, 1.165) is 21.6 Å². The predicted molar refractivity (Wildman–Crippen MR) is 126 cm³/mol. The fourth-order valence-corrected chi connectivity index (χ4v) is 4.45. The van der Waals surface area contributed by atoms with Crippen LogP contribution in [0.1, 0.15) is 15.4 Å². The van der Waals surface area contributed by atoms with E-state index >= 15 is 0 Å². The monoisotopic (exact) mass is 489 g/mol. The molecular formula is C22H17Cl2N3O4S. The molecule has 0 saturated heterocycles. The summed E-state index contributed by atoms with van der Waals surface area (Å²) in [5.74, 6) is -0.661. The highest BCUT2D eigenvalue weighted by Gasteiger charge is 2.19. The smallest absolute Gasteiger partial charge is 0.348 e. The highest BCUT2D eigenvalue weighted by Crippen LogP contribution is 2.31. The van der Waals surface area contributed by atoms with Gasteiger partial charge in [0.1, 0.15) is 15.5 Å². The number of carbonyl (C=O) groups is 2. The Bertz CT molecular complexity index is 1310. The largest absolute Gasteiger partial charge is 0.495 e. The lowest BCUT2D eigenvalue weighted by molar-refractivity contribution is -0.119. The van der Waals surface area contributed by atoms with Gasteiger partial charge in [-0.15, -0.1) is 11.3 Å². The van der Waals surface area contributed by atoms with E-state index in [9.17, 15) is 9.59 Å². The number of anilines is 1. The van der Waals surface area contributed by atoms with Crippen molar-refractivity contribution in [3.8, 4) is 11.4 Å². The maximum atomic E-state index is 12.6. The van der Waals surface area contributed by atoms with Crippen LogP contribution in [0.5, 0.6) is 5.75 Å². The number of halogens is 2. The Morgan fingerprint density at radius 2 is 1.81 bits per heavy atom. The molecule has 0 radical (unpaired) electrons. The molecule has 2 aromatic heterocycles. The summed E-state index contributed by atoms with van der Waals surface area (Å²) in [6.45, 7) is 1.41. The number of hydrogen-bond acceptors (Lipinski definition) is 6. The first-order valence-electron chi connectivity index (χ1n) is 9.41. The van der Waals surface area contributed by atoms with Crippen LogP contribution < -0.4 is 10.1 Å². The summed E-state index contributed by atoms with van der Waals surface area (Å²) in [6.07, 6.45) is 0. The van der Waals surface area contributed by atoms with E-state index in [4.69, 9.17) is 32.7 Å². The zero-order chi connectivity index (χ0) is 22.8. The third-order valence-corrected chi connectivity index (χ3v) is 6.16. The summed E-state index contributed by atoms with van der Waals surface area (Å²) >= 11 is 13.2. The van der Waals surface area contributed by atoms with Gasteiger partial charge >= 0.3 is 5.97 Å². The standard InChI is InChI=1S/C22H17Cl2N3O4S/c1-12-16-10-19(32-21(16)27(26-12)15-6-3-13(23)4-7-15)22(29)31-11-20(28)25-17-9-14(24)5-8-18(17)30-2/h3-10H,11H2,1-2H3,(H,25,28). The Morgan fingerprint density at radius 1 is 1.09 bits per heavy atom. The van der Waals surface area contributed by atoms with Crippen molar-refractivity contribution in [1.29, 1.82) is 0 Å². The Morgan fingerprint density at radius 3 is 2.53 bits per heavy atom. The second-order valence-corrected chi connectivity index (χ2v) is 8.68. The number of methoxy groups -OCH3 is 1. The third kappa shape index (κ3) is 4.57. The highest BCUT2D eigenvalue weighted by molar-refractivity contribution is 7.20. The van der Waals surface area contributed by atoms with Crippen LogP contribution in [0.4, 0.5) is 5.69 Å². The van der Waals surface area contributed by atoms with Crippen LogP contribution in [0.3, 0.4) is 0 Å². The molecule has 10 heteroatoms. The SMILES string of the molecule is COc1ccc(Cl)cc1NC(=O)COC(=O)c1cc2c(C)nn(-c3ccc(Cl)cc3)c2s1. The minimum Gasteiger partial charge on any atom is -0.495 e. The van der Waals surface area contributed by atoms with Crippen LogP contribution in [-0.4, -0.2) is 35.4 Å². The number of fused-ring (bicyclic) bond motifs is 1. The number of ether oxygens (including phenoxy) is 2. The Labute approximate surface area is 197 Å². The molecule has 164 valence electrons. The quantitative estimate of drug-likeness (QED) is 0.361. The average Bonchev–Trinajstić information content (AvgIpc) is 3.34. The lowest BCUT2D eigenvalue weighted by Crippen LogP contribution is -2.21. The van der Waals surface area contributed by atoms with Gasteiger partial charge in [-0.3, -0.25) is 4.79 Å². The van der Waals surface area contributed by atoms with Crippen LogP contribution in [0, 0.1) is 6.92 Å². The van der Waals surface area contributed by atoms with E-state index in [1.165, 1.54) is 18.4 Å². The molecule has 1 N–H and O–H groups in total. The van der Waals surface area contributed by atoms with Gasteiger partial charge in [-0.25, -0.2) is 9.48 Å². The van der Waals surface area contributed by atoms with Crippen LogP contribution >= 0.6 is 34.5 Å². The van der Waals surface area contributed by atoms with Gasteiger partial charge in [0.15, 0.2) is 6.61 Å². The molecule has 32 heavy (non-hydrogen) atoms. The van der Waals surface area contributed by atoms with Crippen molar-refractivity contribution in [3.63, 3.8) is 0 Å². The second kappa shape index (κ2) is 9.20. The fraction of sp³-hybridized carbons (Fsp3) is 0.136. The van der Waals surface area contributed by atoms with Gasteiger partial charge in [0.2, 0.25) is 0 Å². The lowest BCUT2D eigenvalue weighted by atomic mass is 10.3. The van der Waals surface area contributed by atoms with Crippen molar-refractivity contribution in [2.45, 2.75) is 6.92 Å². The van der Waals surface area contributed by atoms with Gasteiger partial charge in [-0.1, -0.05) is 23.2 Å². The Kier molecular flexibility index (Phi) is 6.36. The first-order chi connectivity index (χ1) is 15.4. The minimum absolute atomic E-state index is 0.372. The first kappa shape index (κ1) is 22.1. The summed E-state index contributed by atoms with van der Waals surface area (Å²) < 4.78 is 12.1. The van der Waals surface area contributed by atoms with Crippen LogP contribution in [0.2, 0.25) is 10.0 Å². The number of hydrogen-bond donors (Lipinski definition) is 1. The molecule has 7 nitrogen and oxygen atoms in total. The van der Waals surface area contributed by atoms with Crippen molar-refractivity contribution < 1.29 is 19.1 Å². The maximum absolute atomic E-state index is 12.6. The zero-order valence-corrected chi connectivity index (χ0v) is 19.3. The molecule has 0 unspecified atom stereocenters. The molecule has 0 saturated carbocycles. The van der Waals surface area contributed by atoms with Gasteiger partial charge in [0.25, 0.3) is 5.91 Å². The lowest BCUT2D eigenvalue weighted by Gasteiger charge is -2.10. The Balaban J connectivity index is 1.47. The van der Waals surface area contributed by atoms with Gasteiger partial charge in [-0.2, -0.15) is 5.10 Å². The molecule has 4 aromatic rings. The third-order valence-electron chi connectivity index (χ3n) is 4.59. The number of aryl methyl sites for hydroxylation is 1. The summed E-state index contributed by atoms with van der Waals surface area (Å²) in [5.41, 5.74) is 1.99. The minimum atomic E-state index is -0.596.